The van der Waals surface area contributed by atoms with Crippen LogP contribution >= 0.6 is 0 Å². The molecule has 3 N–H and O–H groups in total. The maximum absolute atomic E-state index is 10.5. The number of hydrogen-bond acceptors (Lipinski definition) is 4. The van der Waals surface area contributed by atoms with Gasteiger partial charge >= 0.3 is 5.97 Å². The van der Waals surface area contributed by atoms with Crippen molar-refractivity contribution in [2.24, 2.45) is 5.73 Å². The first kappa shape index (κ1) is 9.39. The lowest BCUT2D eigenvalue weighted by Gasteiger charge is -2.06. The van der Waals surface area contributed by atoms with Crippen molar-refractivity contribution in [3.05, 3.63) is 0 Å². The molecule has 0 aromatic heterocycles. The first-order chi connectivity index (χ1) is 4.70. The van der Waals surface area contributed by atoms with Crippen molar-refractivity contribution < 1.29 is 14.6 Å². The van der Waals surface area contributed by atoms with Crippen molar-refractivity contribution in [2.75, 3.05) is 13.7 Å². The monoisotopic (exact) mass is 147 g/mol. The molecule has 0 saturated heterocycles. The van der Waals surface area contributed by atoms with E-state index in [-0.39, 0.29) is 25.0 Å². The van der Waals surface area contributed by atoms with Crippen LogP contribution in [-0.2, 0) is 9.53 Å². The molecule has 0 spiro atoms. The van der Waals surface area contributed by atoms with Crippen LogP contribution in [0.25, 0.3) is 0 Å². The Kier molecular flexibility index (Phi) is 4.88. The molecule has 0 aliphatic carbocycles. The number of esters is 1. The number of nitrogens with two attached hydrogens (primary N) is 1. The summed E-state index contributed by atoms with van der Waals surface area (Å²) in [4.78, 5) is 10.5. The van der Waals surface area contributed by atoms with Gasteiger partial charge in [0.2, 0.25) is 0 Å². The highest BCUT2D eigenvalue weighted by Gasteiger charge is 2.07. The summed E-state index contributed by atoms with van der Waals surface area (Å²) in [5.74, 6) is -0.332. The van der Waals surface area contributed by atoms with Crippen LogP contribution in [0.2, 0.25) is 0 Å². The van der Waals surface area contributed by atoms with Crippen LogP contribution in [0.4, 0.5) is 0 Å². The van der Waals surface area contributed by atoms with E-state index >= 15 is 0 Å². The number of hydrogen-bond donors (Lipinski definition) is 2. The molecule has 0 radical (unpaired) electrons. The van der Waals surface area contributed by atoms with E-state index in [2.05, 4.69) is 4.74 Å². The second kappa shape index (κ2) is 5.20. The Balaban J connectivity index is 3.37. The molecule has 0 aromatic rings. The Morgan fingerprint density at radius 1 is 1.80 bits per heavy atom. The fraction of sp³-hybridized carbons (Fsp3) is 0.833. The molecule has 0 aliphatic heterocycles. The number of carbonyl (C=O) groups excluding carboxylic acids is 1. The number of aliphatic hydroxyl groups excluding tert-OH is 1. The molecule has 0 heterocycles. The summed E-state index contributed by atoms with van der Waals surface area (Å²) in [6, 6.07) is -0.280. The first-order valence-electron chi connectivity index (χ1n) is 3.14. The van der Waals surface area contributed by atoms with Gasteiger partial charge in [-0.05, 0) is 6.42 Å². The van der Waals surface area contributed by atoms with Gasteiger partial charge < -0.3 is 15.6 Å². The normalized spacial score (nSPS) is 12.7. The highest BCUT2D eigenvalue weighted by molar-refractivity contribution is 5.69. The molecule has 0 aromatic carbocycles. The van der Waals surface area contributed by atoms with Gasteiger partial charge in [-0.1, -0.05) is 0 Å². The molecule has 1 atom stereocenters. The average Bonchev–Trinajstić information content (AvgIpc) is 1.88. The summed E-state index contributed by atoms with van der Waals surface area (Å²) in [7, 11) is 1.31. The van der Waals surface area contributed by atoms with E-state index in [0.29, 0.717) is 6.42 Å². The Hall–Kier alpha value is -0.610. The molecule has 0 fully saturated rings. The van der Waals surface area contributed by atoms with Crippen molar-refractivity contribution in [2.45, 2.75) is 18.9 Å². The smallest absolute Gasteiger partial charge is 0.307 e. The van der Waals surface area contributed by atoms with Gasteiger partial charge in [-0.2, -0.15) is 0 Å². The van der Waals surface area contributed by atoms with Gasteiger partial charge in [-0.15, -0.1) is 0 Å². The van der Waals surface area contributed by atoms with Crippen LogP contribution in [-0.4, -0.2) is 30.8 Å². The van der Waals surface area contributed by atoms with E-state index in [1.165, 1.54) is 7.11 Å². The second-order valence-corrected chi connectivity index (χ2v) is 2.05. The van der Waals surface area contributed by atoms with Gasteiger partial charge in [-0.25, -0.2) is 0 Å². The predicted molar refractivity (Wildman–Crippen MR) is 36.3 cm³/mol. The van der Waals surface area contributed by atoms with E-state index in [9.17, 15) is 4.79 Å². The fourth-order valence-electron chi connectivity index (χ4n) is 0.565. The summed E-state index contributed by atoms with van der Waals surface area (Å²) in [5, 5.41) is 8.39. The second-order valence-electron chi connectivity index (χ2n) is 2.05. The molecule has 0 unspecified atom stereocenters. The zero-order valence-electron chi connectivity index (χ0n) is 6.04. The number of rotatable bonds is 4. The predicted octanol–water partition coefficient (Wildman–Crippen LogP) is -0.741. The first-order valence-corrected chi connectivity index (χ1v) is 3.14. The zero-order chi connectivity index (χ0) is 7.98. The maximum Gasteiger partial charge on any atom is 0.307 e. The molecule has 4 heteroatoms. The van der Waals surface area contributed by atoms with E-state index in [0.717, 1.165) is 0 Å². The summed E-state index contributed by atoms with van der Waals surface area (Å²) in [5.41, 5.74) is 5.40. The van der Waals surface area contributed by atoms with Gasteiger partial charge in [0.25, 0.3) is 0 Å². The lowest BCUT2D eigenvalue weighted by molar-refractivity contribution is -0.141. The highest BCUT2D eigenvalue weighted by Crippen LogP contribution is 1.94. The third-order valence-corrected chi connectivity index (χ3v) is 1.16. The lowest BCUT2D eigenvalue weighted by Crippen LogP contribution is -2.25. The zero-order valence-corrected chi connectivity index (χ0v) is 6.04. The molecular weight excluding hydrogens is 134 g/mol. The Morgan fingerprint density at radius 2 is 2.40 bits per heavy atom. The Morgan fingerprint density at radius 3 is 2.80 bits per heavy atom. The molecule has 0 rings (SSSR count). The van der Waals surface area contributed by atoms with Crippen molar-refractivity contribution in [1.29, 1.82) is 0 Å². The minimum absolute atomic E-state index is 0.0121. The van der Waals surface area contributed by atoms with Gasteiger partial charge in [0.05, 0.1) is 13.5 Å². The van der Waals surface area contributed by atoms with E-state index in [4.69, 9.17) is 10.8 Å². The minimum Gasteiger partial charge on any atom is -0.469 e. The van der Waals surface area contributed by atoms with Crippen LogP contribution in [0.15, 0.2) is 0 Å². The highest BCUT2D eigenvalue weighted by atomic mass is 16.5. The SMILES string of the molecule is COC(=O)C[C@@H](N)CCO. The van der Waals surface area contributed by atoms with Crippen LogP contribution in [0, 0.1) is 0 Å². The van der Waals surface area contributed by atoms with Crippen molar-refractivity contribution in [1.82, 2.24) is 0 Å². The quantitative estimate of drug-likeness (QED) is 0.514. The van der Waals surface area contributed by atoms with E-state index in [1.807, 2.05) is 0 Å². The van der Waals surface area contributed by atoms with Crippen molar-refractivity contribution in [3.8, 4) is 0 Å². The average molecular weight is 147 g/mol. The van der Waals surface area contributed by atoms with Crippen molar-refractivity contribution >= 4 is 5.97 Å². The van der Waals surface area contributed by atoms with E-state index < -0.39 is 0 Å². The molecule has 0 amide bonds. The summed E-state index contributed by atoms with van der Waals surface area (Å²) >= 11 is 0. The van der Waals surface area contributed by atoms with E-state index in [1.54, 1.807) is 0 Å². The molecule has 60 valence electrons. The third kappa shape index (κ3) is 4.29. The van der Waals surface area contributed by atoms with Crippen LogP contribution in [0.5, 0.6) is 0 Å². The number of ether oxygens (including phenoxy) is 1. The van der Waals surface area contributed by atoms with Gasteiger partial charge in [0.1, 0.15) is 0 Å². The van der Waals surface area contributed by atoms with Gasteiger partial charge in [0, 0.05) is 12.6 Å². The minimum atomic E-state index is -0.332. The number of methoxy groups -OCH3 is 1. The molecule has 0 saturated carbocycles. The standard InChI is InChI=1S/C6H13NO3/c1-10-6(9)4-5(7)2-3-8/h5,8H,2-4,7H2,1H3/t5-/m0/s1. The molecule has 0 bridgehead atoms. The fourth-order valence-corrected chi connectivity index (χ4v) is 0.565. The summed E-state index contributed by atoms with van der Waals surface area (Å²) < 4.78 is 4.37. The number of aliphatic hydroxyl groups is 1. The molecule has 10 heavy (non-hydrogen) atoms. The maximum atomic E-state index is 10.5. The largest absolute Gasteiger partial charge is 0.469 e. The Labute approximate surface area is 60.0 Å². The molecule has 0 aliphatic rings. The summed E-state index contributed by atoms with van der Waals surface area (Å²) in [6.45, 7) is 0.0121. The van der Waals surface area contributed by atoms with Crippen LogP contribution in [0.3, 0.4) is 0 Å². The lowest BCUT2D eigenvalue weighted by atomic mass is 10.2. The third-order valence-electron chi connectivity index (χ3n) is 1.16. The Bertz CT molecular complexity index is 105. The topological polar surface area (TPSA) is 72.5 Å². The molecule has 4 nitrogen and oxygen atoms in total. The van der Waals surface area contributed by atoms with Crippen LogP contribution in [0.1, 0.15) is 12.8 Å². The van der Waals surface area contributed by atoms with Gasteiger partial charge in [-0.3, -0.25) is 4.79 Å². The summed E-state index contributed by atoms with van der Waals surface area (Å²) in [6.07, 6.45) is 0.617. The van der Waals surface area contributed by atoms with Gasteiger partial charge in [0.15, 0.2) is 0 Å². The van der Waals surface area contributed by atoms with Crippen LogP contribution < -0.4 is 5.73 Å². The number of carbonyl (C=O) groups is 1. The molecular formula is C6H13NO3. The van der Waals surface area contributed by atoms with Crippen molar-refractivity contribution in [3.63, 3.8) is 0 Å².